The lowest BCUT2D eigenvalue weighted by molar-refractivity contribution is -0.138. The normalized spacial score (nSPS) is 12.0. The quantitative estimate of drug-likeness (QED) is 0.829. The highest BCUT2D eigenvalue weighted by Gasteiger charge is 2.13. The fourth-order valence-corrected chi connectivity index (χ4v) is 2.05. The summed E-state index contributed by atoms with van der Waals surface area (Å²) in [4.78, 5) is 11.0. The highest BCUT2D eigenvalue weighted by molar-refractivity contribution is 5.86. The Morgan fingerprint density at radius 3 is 2.52 bits per heavy atom. The summed E-state index contributed by atoms with van der Waals surface area (Å²) in [5, 5.41) is 11.1. The average Bonchev–Trinajstić information content (AvgIpc) is 2.45. The maximum Gasteiger partial charge on any atom is 0.310 e. The first-order chi connectivity index (χ1) is 9.97. The van der Waals surface area contributed by atoms with Crippen molar-refractivity contribution in [3.8, 4) is 5.75 Å². The zero-order chi connectivity index (χ0) is 15.4. The summed E-state index contributed by atoms with van der Waals surface area (Å²) in [6, 6.07) is 11.6. The van der Waals surface area contributed by atoms with Crippen molar-refractivity contribution >= 4 is 16.7 Å². The van der Waals surface area contributed by atoms with E-state index in [1.165, 1.54) is 5.57 Å². The summed E-state index contributed by atoms with van der Waals surface area (Å²) in [7, 11) is 0. The highest BCUT2D eigenvalue weighted by atomic mass is 16.5. The first-order valence-corrected chi connectivity index (χ1v) is 7.00. The number of benzene rings is 2. The van der Waals surface area contributed by atoms with Gasteiger partial charge >= 0.3 is 5.97 Å². The van der Waals surface area contributed by atoms with E-state index in [2.05, 4.69) is 0 Å². The molecule has 2 aromatic carbocycles. The summed E-state index contributed by atoms with van der Waals surface area (Å²) in [5.74, 6) is -0.488. The van der Waals surface area contributed by atoms with Gasteiger partial charge < -0.3 is 9.84 Å². The van der Waals surface area contributed by atoms with Gasteiger partial charge in [-0.25, -0.2) is 0 Å². The maximum absolute atomic E-state index is 11.0. The molecule has 0 aliphatic carbocycles. The Hall–Kier alpha value is -2.29. The summed E-state index contributed by atoms with van der Waals surface area (Å²) in [5.41, 5.74) is 2.04. The van der Waals surface area contributed by atoms with Gasteiger partial charge in [0.25, 0.3) is 0 Å². The maximum atomic E-state index is 11.0. The van der Waals surface area contributed by atoms with Crippen LogP contribution in [0.25, 0.3) is 10.8 Å². The summed E-state index contributed by atoms with van der Waals surface area (Å²) in [6.07, 6.45) is 2.03. The molecule has 0 aromatic heterocycles. The van der Waals surface area contributed by atoms with Crippen molar-refractivity contribution in [1.29, 1.82) is 0 Å². The number of carboxylic acids is 1. The highest BCUT2D eigenvalue weighted by Crippen LogP contribution is 2.25. The number of allylic oxidation sites excluding steroid dienone is 1. The van der Waals surface area contributed by atoms with E-state index in [4.69, 9.17) is 9.84 Å². The van der Waals surface area contributed by atoms with E-state index >= 15 is 0 Å². The zero-order valence-electron chi connectivity index (χ0n) is 12.6. The molecular formula is C18H20O3. The number of ether oxygens (including phenoxy) is 1. The third-order valence-corrected chi connectivity index (χ3v) is 3.45. The molecule has 110 valence electrons. The number of aliphatic carboxylic acids is 1. The largest absolute Gasteiger partial charge is 0.490 e. The molecule has 1 atom stereocenters. The minimum Gasteiger partial charge on any atom is -0.490 e. The molecule has 0 amide bonds. The Labute approximate surface area is 124 Å². The number of rotatable bonds is 5. The fourth-order valence-electron chi connectivity index (χ4n) is 2.05. The molecule has 2 rings (SSSR count). The number of hydrogen-bond acceptors (Lipinski definition) is 2. The zero-order valence-corrected chi connectivity index (χ0v) is 12.6. The average molecular weight is 284 g/mol. The van der Waals surface area contributed by atoms with Crippen LogP contribution >= 0.6 is 0 Å². The van der Waals surface area contributed by atoms with E-state index < -0.39 is 11.9 Å². The van der Waals surface area contributed by atoms with Crippen LogP contribution in [0.3, 0.4) is 0 Å². The van der Waals surface area contributed by atoms with Crippen LogP contribution in [0.15, 0.2) is 48.0 Å². The lowest BCUT2D eigenvalue weighted by Gasteiger charge is -2.09. The van der Waals surface area contributed by atoms with Gasteiger partial charge in [0.2, 0.25) is 0 Å². The van der Waals surface area contributed by atoms with Crippen LogP contribution in [0.1, 0.15) is 32.3 Å². The minimum absolute atomic E-state index is 0.497. The van der Waals surface area contributed by atoms with Gasteiger partial charge in [-0.1, -0.05) is 29.8 Å². The molecule has 0 heterocycles. The van der Waals surface area contributed by atoms with Gasteiger partial charge in [-0.3, -0.25) is 4.79 Å². The van der Waals surface area contributed by atoms with Crippen LogP contribution in [-0.4, -0.2) is 17.7 Å². The van der Waals surface area contributed by atoms with Crippen molar-refractivity contribution in [3.63, 3.8) is 0 Å². The lowest BCUT2D eigenvalue weighted by Crippen LogP contribution is -2.07. The van der Waals surface area contributed by atoms with Crippen LogP contribution in [-0.2, 0) is 4.79 Å². The van der Waals surface area contributed by atoms with Gasteiger partial charge in [0, 0.05) is 0 Å². The number of fused-ring (bicyclic) bond motifs is 1. The molecule has 3 nitrogen and oxygen atoms in total. The van der Waals surface area contributed by atoms with Crippen LogP contribution in [0.4, 0.5) is 0 Å². The molecule has 0 saturated carbocycles. The fraction of sp³-hybridized carbons (Fsp3) is 0.278. The van der Waals surface area contributed by atoms with Crippen LogP contribution < -0.4 is 4.74 Å². The van der Waals surface area contributed by atoms with E-state index in [0.29, 0.717) is 6.61 Å². The first kappa shape index (κ1) is 15.1. The van der Waals surface area contributed by atoms with Crippen LogP contribution in [0.5, 0.6) is 5.75 Å². The summed E-state index contributed by atoms with van der Waals surface area (Å²) in [6.45, 7) is 6.33. The van der Waals surface area contributed by atoms with Crippen molar-refractivity contribution in [2.24, 2.45) is 0 Å². The molecule has 1 N–H and O–H groups in total. The molecule has 0 bridgehead atoms. The van der Waals surface area contributed by atoms with Crippen molar-refractivity contribution in [2.75, 3.05) is 6.61 Å². The molecule has 21 heavy (non-hydrogen) atoms. The van der Waals surface area contributed by atoms with E-state index in [9.17, 15) is 4.79 Å². The third kappa shape index (κ3) is 3.85. The Kier molecular flexibility index (Phi) is 4.63. The van der Waals surface area contributed by atoms with Crippen LogP contribution in [0.2, 0.25) is 0 Å². The molecule has 0 saturated heterocycles. The standard InChI is InChI=1S/C18H20O3/c1-12(2)8-9-21-17-7-6-15-10-14(13(3)18(19)20)4-5-16(15)11-17/h4-8,10-11,13H,9H2,1-3H3,(H,19,20). The van der Waals surface area contributed by atoms with Gasteiger partial charge in [-0.15, -0.1) is 0 Å². The van der Waals surface area contributed by atoms with Gasteiger partial charge in [-0.05, 0) is 55.3 Å². The van der Waals surface area contributed by atoms with Gasteiger partial charge in [0.1, 0.15) is 12.4 Å². The molecule has 1 unspecified atom stereocenters. The molecule has 3 heteroatoms. The number of carbonyl (C=O) groups is 1. The predicted molar refractivity (Wildman–Crippen MR) is 84.9 cm³/mol. The van der Waals surface area contributed by atoms with E-state index in [1.807, 2.05) is 56.3 Å². The minimum atomic E-state index is -0.809. The predicted octanol–water partition coefficient (Wildman–Crippen LogP) is 4.37. The Morgan fingerprint density at radius 2 is 1.86 bits per heavy atom. The van der Waals surface area contributed by atoms with Crippen LogP contribution in [0, 0.1) is 0 Å². The summed E-state index contributed by atoms with van der Waals surface area (Å²) >= 11 is 0. The van der Waals surface area contributed by atoms with Gasteiger partial charge in [0.15, 0.2) is 0 Å². The van der Waals surface area contributed by atoms with E-state index in [-0.39, 0.29) is 0 Å². The smallest absolute Gasteiger partial charge is 0.310 e. The molecule has 0 spiro atoms. The second-order valence-electron chi connectivity index (χ2n) is 5.42. The number of carboxylic acid groups (broad SMARTS) is 1. The topological polar surface area (TPSA) is 46.5 Å². The first-order valence-electron chi connectivity index (χ1n) is 7.00. The van der Waals surface area contributed by atoms with E-state index in [0.717, 1.165) is 22.1 Å². The van der Waals surface area contributed by atoms with Crippen molar-refractivity contribution in [1.82, 2.24) is 0 Å². The van der Waals surface area contributed by atoms with Crippen molar-refractivity contribution in [2.45, 2.75) is 26.7 Å². The summed E-state index contributed by atoms with van der Waals surface area (Å²) < 4.78 is 5.67. The van der Waals surface area contributed by atoms with Crippen molar-refractivity contribution in [3.05, 3.63) is 53.6 Å². The van der Waals surface area contributed by atoms with Gasteiger partial charge in [-0.2, -0.15) is 0 Å². The second kappa shape index (κ2) is 6.44. The molecule has 0 radical (unpaired) electrons. The molecular weight excluding hydrogens is 264 g/mol. The Bertz CT molecular complexity index is 682. The molecule has 0 aliphatic rings. The Morgan fingerprint density at radius 1 is 1.19 bits per heavy atom. The SMILES string of the molecule is CC(C)=CCOc1ccc2cc(C(C)C(=O)O)ccc2c1. The Balaban J connectivity index is 2.23. The molecule has 0 aliphatic heterocycles. The van der Waals surface area contributed by atoms with E-state index in [1.54, 1.807) is 6.92 Å². The lowest BCUT2D eigenvalue weighted by atomic mass is 9.98. The molecule has 2 aromatic rings. The monoisotopic (exact) mass is 284 g/mol. The third-order valence-electron chi connectivity index (χ3n) is 3.45. The van der Waals surface area contributed by atoms with Gasteiger partial charge in [0.05, 0.1) is 5.92 Å². The second-order valence-corrected chi connectivity index (χ2v) is 5.42. The van der Waals surface area contributed by atoms with Crippen molar-refractivity contribution < 1.29 is 14.6 Å². The molecule has 0 fully saturated rings. The number of hydrogen-bond donors (Lipinski definition) is 1.